The number of fused-ring (bicyclic) bond motifs is 1. The summed E-state index contributed by atoms with van der Waals surface area (Å²) in [6.45, 7) is 0. The van der Waals surface area contributed by atoms with Crippen LogP contribution in [0.1, 0.15) is 11.3 Å². The van der Waals surface area contributed by atoms with Crippen molar-refractivity contribution < 1.29 is 9.90 Å². The number of aliphatic carboxylic acids is 1. The SMILES string of the molecule is Nc1nc(/C(=C/c2c[nH]c3ncccc23)C(=O)O)cs1. The van der Waals surface area contributed by atoms with Gasteiger partial charge in [0, 0.05) is 28.7 Å². The number of aromatic nitrogens is 3. The number of H-pyrrole nitrogens is 1. The third-order valence-electron chi connectivity index (χ3n) is 2.81. The molecule has 0 atom stereocenters. The number of nitrogens with zero attached hydrogens (tertiary/aromatic N) is 2. The fourth-order valence-electron chi connectivity index (χ4n) is 1.91. The highest BCUT2D eigenvalue weighted by molar-refractivity contribution is 7.13. The second kappa shape index (κ2) is 4.78. The second-order valence-corrected chi connectivity index (χ2v) is 4.97. The molecule has 0 radical (unpaired) electrons. The molecule has 3 heterocycles. The summed E-state index contributed by atoms with van der Waals surface area (Å²) < 4.78 is 0. The van der Waals surface area contributed by atoms with Gasteiger partial charge < -0.3 is 15.8 Å². The van der Waals surface area contributed by atoms with Crippen molar-refractivity contribution >= 4 is 45.1 Å². The molecule has 100 valence electrons. The Kier molecular flexibility index (Phi) is 2.96. The first-order chi connectivity index (χ1) is 9.65. The Balaban J connectivity index is 2.14. The molecule has 0 aliphatic carbocycles. The molecule has 0 aliphatic heterocycles. The van der Waals surface area contributed by atoms with Gasteiger partial charge in [0.05, 0.1) is 11.3 Å². The van der Waals surface area contributed by atoms with Crippen molar-refractivity contribution in [3.8, 4) is 0 Å². The van der Waals surface area contributed by atoms with E-state index in [9.17, 15) is 9.90 Å². The zero-order valence-corrected chi connectivity index (χ0v) is 11.0. The number of carbonyl (C=O) groups is 1. The van der Waals surface area contributed by atoms with Gasteiger partial charge >= 0.3 is 5.97 Å². The maximum Gasteiger partial charge on any atom is 0.337 e. The molecule has 0 fully saturated rings. The zero-order chi connectivity index (χ0) is 14.1. The molecule has 6 nitrogen and oxygen atoms in total. The van der Waals surface area contributed by atoms with Crippen molar-refractivity contribution in [2.24, 2.45) is 0 Å². The van der Waals surface area contributed by atoms with Gasteiger partial charge in [-0.1, -0.05) is 0 Å². The van der Waals surface area contributed by atoms with E-state index >= 15 is 0 Å². The van der Waals surface area contributed by atoms with Crippen molar-refractivity contribution in [1.82, 2.24) is 15.0 Å². The number of pyridine rings is 1. The van der Waals surface area contributed by atoms with Crippen molar-refractivity contribution in [1.29, 1.82) is 0 Å². The van der Waals surface area contributed by atoms with E-state index in [0.29, 0.717) is 16.5 Å². The lowest BCUT2D eigenvalue weighted by atomic mass is 10.1. The topological polar surface area (TPSA) is 105 Å². The van der Waals surface area contributed by atoms with Crippen molar-refractivity contribution in [2.45, 2.75) is 0 Å². The second-order valence-electron chi connectivity index (χ2n) is 4.08. The Morgan fingerprint density at radius 1 is 1.50 bits per heavy atom. The van der Waals surface area contributed by atoms with Crippen LogP contribution in [0.4, 0.5) is 5.13 Å². The maximum absolute atomic E-state index is 11.4. The fourth-order valence-corrected chi connectivity index (χ4v) is 2.47. The number of nitrogens with two attached hydrogens (primary N) is 1. The summed E-state index contributed by atoms with van der Waals surface area (Å²) in [4.78, 5) is 22.6. The predicted octanol–water partition coefficient (Wildman–Crippen LogP) is 2.23. The van der Waals surface area contributed by atoms with Gasteiger partial charge in [-0.3, -0.25) is 0 Å². The Labute approximate surface area is 117 Å². The smallest absolute Gasteiger partial charge is 0.337 e. The molecule has 0 spiro atoms. The number of nitrogens with one attached hydrogen (secondary N) is 1. The summed E-state index contributed by atoms with van der Waals surface area (Å²) in [7, 11) is 0. The lowest BCUT2D eigenvalue weighted by Crippen LogP contribution is -2.00. The highest BCUT2D eigenvalue weighted by Gasteiger charge is 2.15. The zero-order valence-electron chi connectivity index (χ0n) is 10.2. The minimum atomic E-state index is -1.05. The minimum absolute atomic E-state index is 0.0997. The van der Waals surface area contributed by atoms with Crippen LogP contribution in [0.3, 0.4) is 0 Å². The van der Waals surface area contributed by atoms with E-state index in [1.807, 2.05) is 6.07 Å². The number of carboxylic acids is 1. The fraction of sp³-hybridized carbons (Fsp3) is 0. The van der Waals surface area contributed by atoms with Gasteiger partial charge in [0.15, 0.2) is 5.13 Å². The van der Waals surface area contributed by atoms with Gasteiger partial charge in [-0.2, -0.15) is 0 Å². The Morgan fingerprint density at radius 2 is 2.35 bits per heavy atom. The van der Waals surface area contributed by atoms with E-state index in [1.165, 1.54) is 11.3 Å². The number of thiazole rings is 1. The monoisotopic (exact) mass is 286 g/mol. The number of nitrogen functional groups attached to an aromatic ring is 1. The number of anilines is 1. The van der Waals surface area contributed by atoms with E-state index in [2.05, 4.69) is 15.0 Å². The van der Waals surface area contributed by atoms with E-state index in [-0.39, 0.29) is 5.57 Å². The molecule has 0 aromatic carbocycles. The van der Waals surface area contributed by atoms with Gasteiger partial charge in [-0.15, -0.1) is 11.3 Å². The number of hydrogen-bond donors (Lipinski definition) is 3. The highest BCUT2D eigenvalue weighted by atomic mass is 32.1. The molecule has 0 aliphatic rings. The van der Waals surface area contributed by atoms with Crippen molar-refractivity contribution in [2.75, 3.05) is 5.73 Å². The summed E-state index contributed by atoms with van der Waals surface area (Å²) in [5.74, 6) is -1.05. The largest absolute Gasteiger partial charge is 0.478 e. The van der Waals surface area contributed by atoms with Crippen LogP contribution in [0, 0.1) is 0 Å². The van der Waals surface area contributed by atoms with E-state index < -0.39 is 5.97 Å². The Morgan fingerprint density at radius 3 is 3.05 bits per heavy atom. The first kappa shape index (κ1) is 12.4. The van der Waals surface area contributed by atoms with Crippen LogP contribution in [0.15, 0.2) is 29.9 Å². The molecule has 7 heteroatoms. The summed E-state index contributed by atoms with van der Waals surface area (Å²) in [6, 6.07) is 3.67. The molecule has 0 saturated carbocycles. The molecule has 0 bridgehead atoms. The van der Waals surface area contributed by atoms with Crippen molar-refractivity contribution in [3.63, 3.8) is 0 Å². The predicted molar refractivity (Wildman–Crippen MR) is 78.1 cm³/mol. The number of carboxylic acid groups (broad SMARTS) is 1. The van der Waals surface area contributed by atoms with Gasteiger partial charge in [0.25, 0.3) is 0 Å². The molecule has 0 amide bonds. The third-order valence-corrected chi connectivity index (χ3v) is 3.49. The van der Waals surface area contributed by atoms with Crippen LogP contribution < -0.4 is 5.73 Å². The van der Waals surface area contributed by atoms with Crippen LogP contribution in [0.5, 0.6) is 0 Å². The van der Waals surface area contributed by atoms with E-state index in [0.717, 1.165) is 10.9 Å². The molecule has 20 heavy (non-hydrogen) atoms. The first-order valence-corrected chi connectivity index (χ1v) is 6.61. The average Bonchev–Trinajstić information content (AvgIpc) is 3.02. The summed E-state index contributed by atoms with van der Waals surface area (Å²) >= 11 is 1.21. The summed E-state index contributed by atoms with van der Waals surface area (Å²) in [6.07, 6.45) is 4.96. The van der Waals surface area contributed by atoms with E-state index in [1.54, 1.807) is 29.9 Å². The van der Waals surface area contributed by atoms with Crippen LogP contribution in [-0.2, 0) is 4.79 Å². The van der Waals surface area contributed by atoms with Crippen molar-refractivity contribution in [3.05, 3.63) is 41.2 Å². The van der Waals surface area contributed by atoms with Crippen LogP contribution in [-0.4, -0.2) is 26.0 Å². The lowest BCUT2D eigenvalue weighted by molar-refractivity contribution is -0.130. The van der Waals surface area contributed by atoms with Crippen LogP contribution in [0.2, 0.25) is 0 Å². The van der Waals surface area contributed by atoms with Gasteiger partial charge in [0.2, 0.25) is 0 Å². The average molecular weight is 286 g/mol. The summed E-state index contributed by atoms with van der Waals surface area (Å²) in [5, 5.41) is 12.2. The quantitative estimate of drug-likeness (QED) is 0.640. The van der Waals surface area contributed by atoms with Gasteiger partial charge in [-0.05, 0) is 18.2 Å². The van der Waals surface area contributed by atoms with Gasteiger partial charge in [0.1, 0.15) is 5.65 Å². The van der Waals surface area contributed by atoms with Crippen LogP contribution >= 0.6 is 11.3 Å². The molecule has 3 aromatic rings. The van der Waals surface area contributed by atoms with Crippen LogP contribution in [0.25, 0.3) is 22.7 Å². The molecular weight excluding hydrogens is 276 g/mol. The third kappa shape index (κ3) is 2.14. The summed E-state index contributed by atoms with van der Waals surface area (Å²) in [5.41, 5.74) is 7.47. The van der Waals surface area contributed by atoms with Gasteiger partial charge in [-0.25, -0.2) is 14.8 Å². The molecule has 3 rings (SSSR count). The maximum atomic E-state index is 11.4. The number of aromatic amines is 1. The molecular formula is C13H10N4O2S. The molecule has 4 N–H and O–H groups in total. The Bertz CT molecular complexity index is 819. The normalized spacial score (nSPS) is 11.9. The first-order valence-electron chi connectivity index (χ1n) is 5.73. The highest BCUT2D eigenvalue weighted by Crippen LogP contribution is 2.25. The number of rotatable bonds is 3. The lowest BCUT2D eigenvalue weighted by Gasteiger charge is -1.98. The molecule has 0 saturated heterocycles. The standard InChI is InChI=1S/C13H10N4O2S/c14-13-17-10(6-20-13)9(12(18)19)4-7-5-16-11-8(7)2-1-3-15-11/h1-6H,(H2,14,17)(H,15,16)(H,18,19)/b9-4-. The minimum Gasteiger partial charge on any atom is -0.478 e. The molecule has 3 aromatic heterocycles. The Hall–Kier alpha value is -2.67. The van der Waals surface area contributed by atoms with E-state index in [4.69, 9.17) is 5.73 Å². The number of hydrogen-bond acceptors (Lipinski definition) is 5. The molecule has 0 unspecified atom stereocenters.